The predicted octanol–water partition coefficient (Wildman–Crippen LogP) is 2.80. The van der Waals surface area contributed by atoms with Gasteiger partial charge in [-0.15, -0.1) is 6.42 Å². The highest BCUT2D eigenvalue weighted by Gasteiger charge is 2.16. The Hall–Kier alpha value is -2.74. The zero-order chi connectivity index (χ0) is 16.3. The van der Waals surface area contributed by atoms with Crippen LogP contribution in [0.25, 0.3) is 11.0 Å². The Morgan fingerprint density at radius 1 is 1.36 bits per heavy atom. The number of benzene rings is 1. The minimum Gasteiger partial charge on any atom is -0.459 e. The summed E-state index contributed by atoms with van der Waals surface area (Å²) in [7, 11) is 0. The molecule has 22 heavy (non-hydrogen) atoms. The monoisotopic (exact) mass is 299 g/mol. The molecule has 2 aromatic rings. The lowest BCUT2D eigenvalue weighted by Gasteiger charge is -2.19. The van der Waals surface area contributed by atoms with Gasteiger partial charge in [-0.25, -0.2) is 4.79 Å². The molecule has 1 N–H and O–H groups in total. The van der Waals surface area contributed by atoms with Gasteiger partial charge in [0.05, 0.1) is 11.9 Å². The van der Waals surface area contributed by atoms with Gasteiger partial charge < -0.3 is 14.5 Å². The fraction of sp³-hybridized carbons (Fsp3) is 0.294. The minimum absolute atomic E-state index is 0.0665. The second kappa shape index (κ2) is 5.94. The normalized spacial score (nSPS) is 11.0. The van der Waals surface area contributed by atoms with Gasteiger partial charge in [-0.3, -0.25) is 4.79 Å². The number of terminal acetylenes is 1. The summed E-state index contributed by atoms with van der Waals surface area (Å²) in [5.74, 6) is 2.81. The van der Waals surface area contributed by atoms with Crippen LogP contribution in [-0.2, 0) is 11.3 Å². The molecule has 0 saturated heterocycles. The van der Waals surface area contributed by atoms with Crippen LogP contribution in [0.4, 0.5) is 4.79 Å². The first kappa shape index (κ1) is 15.6. The lowest BCUT2D eigenvalue weighted by Crippen LogP contribution is -2.32. The highest BCUT2D eigenvalue weighted by atomic mass is 16.6. The average molecular weight is 299 g/mol. The number of carbonyl (C=O) groups excluding carboxylic acids is 1. The van der Waals surface area contributed by atoms with Crippen molar-refractivity contribution in [2.75, 3.05) is 0 Å². The highest BCUT2D eigenvalue weighted by molar-refractivity contribution is 5.78. The van der Waals surface area contributed by atoms with Gasteiger partial charge in [-0.05, 0) is 39.0 Å². The van der Waals surface area contributed by atoms with E-state index in [-0.39, 0.29) is 12.0 Å². The SMILES string of the molecule is C#Cc1ccc2oc(CNC(=O)OC(C)(C)C)cc(=O)c2c1. The number of hydrogen-bond donors (Lipinski definition) is 1. The molecular formula is C17H17NO4. The van der Waals surface area contributed by atoms with Crippen LogP contribution in [0.1, 0.15) is 32.1 Å². The van der Waals surface area contributed by atoms with Crippen molar-refractivity contribution >= 4 is 17.1 Å². The van der Waals surface area contributed by atoms with Crippen LogP contribution in [-0.4, -0.2) is 11.7 Å². The number of hydrogen-bond acceptors (Lipinski definition) is 4. The molecule has 1 aromatic heterocycles. The van der Waals surface area contributed by atoms with Gasteiger partial charge in [0.2, 0.25) is 0 Å². The van der Waals surface area contributed by atoms with E-state index in [9.17, 15) is 9.59 Å². The van der Waals surface area contributed by atoms with Crippen molar-refractivity contribution in [3.8, 4) is 12.3 Å². The molecule has 0 fully saturated rings. The first-order valence-electron chi connectivity index (χ1n) is 6.79. The molecule has 0 unspecified atom stereocenters. The van der Waals surface area contributed by atoms with Crippen molar-refractivity contribution in [1.29, 1.82) is 0 Å². The molecule has 2 rings (SSSR count). The number of nitrogens with one attached hydrogen (secondary N) is 1. The topological polar surface area (TPSA) is 68.5 Å². The average Bonchev–Trinajstić information content (AvgIpc) is 2.43. The molecule has 1 amide bonds. The number of amides is 1. The fourth-order valence-corrected chi connectivity index (χ4v) is 1.86. The Bertz CT molecular complexity index is 806. The van der Waals surface area contributed by atoms with Crippen molar-refractivity contribution in [3.05, 3.63) is 45.8 Å². The summed E-state index contributed by atoms with van der Waals surface area (Å²) in [6, 6.07) is 6.27. The Morgan fingerprint density at radius 2 is 2.09 bits per heavy atom. The number of ether oxygens (including phenoxy) is 1. The zero-order valence-electron chi connectivity index (χ0n) is 12.7. The van der Waals surface area contributed by atoms with Crippen molar-refractivity contribution in [1.82, 2.24) is 5.32 Å². The van der Waals surface area contributed by atoms with Crippen molar-refractivity contribution in [2.45, 2.75) is 32.9 Å². The summed E-state index contributed by atoms with van der Waals surface area (Å²) in [5, 5.41) is 2.96. The van der Waals surface area contributed by atoms with Gasteiger partial charge in [-0.1, -0.05) is 5.92 Å². The molecule has 114 valence electrons. The molecular weight excluding hydrogens is 282 g/mol. The standard InChI is InChI=1S/C17H17NO4/c1-5-11-6-7-15-13(8-11)14(19)9-12(21-15)10-18-16(20)22-17(2,3)4/h1,6-9H,10H2,2-4H3,(H,18,20). The van der Waals surface area contributed by atoms with E-state index in [1.165, 1.54) is 6.07 Å². The van der Waals surface area contributed by atoms with Gasteiger partial charge >= 0.3 is 6.09 Å². The van der Waals surface area contributed by atoms with Crippen LogP contribution in [0.5, 0.6) is 0 Å². The molecule has 0 saturated carbocycles. The summed E-state index contributed by atoms with van der Waals surface area (Å²) in [6.07, 6.45) is 4.74. The van der Waals surface area contributed by atoms with E-state index >= 15 is 0 Å². The largest absolute Gasteiger partial charge is 0.459 e. The Kier molecular flexibility index (Phi) is 4.22. The summed E-state index contributed by atoms with van der Waals surface area (Å²) < 4.78 is 10.7. The second-order valence-electron chi connectivity index (χ2n) is 5.79. The van der Waals surface area contributed by atoms with Crippen LogP contribution in [0.15, 0.2) is 33.5 Å². The molecule has 1 heterocycles. The van der Waals surface area contributed by atoms with Gasteiger partial charge in [0, 0.05) is 11.6 Å². The number of rotatable bonds is 2. The maximum absolute atomic E-state index is 12.1. The van der Waals surface area contributed by atoms with Crippen LogP contribution >= 0.6 is 0 Å². The lowest BCUT2D eigenvalue weighted by atomic mass is 10.1. The van der Waals surface area contributed by atoms with Gasteiger partial charge in [0.15, 0.2) is 5.43 Å². The molecule has 0 aliphatic heterocycles. The quantitative estimate of drug-likeness (QED) is 0.866. The van der Waals surface area contributed by atoms with Crippen LogP contribution in [0, 0.1) is 12.3 Å². The smallest absolute Gasteiger partial charge is 0.408 e. The maximum atomic E-state index is 12.1. The molecule has 0 aliphatic rings. The van der Waals surface area contributed by atoms with Crippen molar-refractivity contribution < 1.29 is 13.9 Å². The maximum Gasteiger partial charge on any atom is 0.408 e. The number of fused-ring (bicyclic) bond motifs is 1. The third-order valence-electron chi connectivity index (χ3n) is 2.75. The van der Waals surface area contributed by atoms with Crippen molar-refractivity contribution in [2.24, 2.45) is 0 Å². The first-order chi connectivity index (χ1) is 10.3. The molecule has 5 nitrogen and oxygen atoms in total. The molecule has 0 aliphatic carbocycles. The molecule has 0 atom stereocenters. The highest BCUT2D eigenvalue weighted by Crippen LogP contribution is 2.14. The second-order valence-corrected chi connectivity index (χ2v) is 5.79. The van der Waals surface area contributed by atoms with Gasteiger partial charge in [0.25, 0.3) is 0 Å². The van der Waals surface area contributed by atoms with E-state index < -0.39 is 11.7 Å². The number of carbonyl (C=O) groups is 1. The summed E-state index contributed by atoms with van der Waals surface area (Å²) in [5.41, 5.74) is 0.242. The molecule has 0 radical (unpaired) electrons. The van der Waals surface area contributed by atoms with E-state index in [0.717, 1.165) is 0 Å². The third kappa shape index (κ3) is 3.89. The van der Waals surface area contributed by atoms with Crippen LogP contribution < -0.4 is 10.7 Å². The molecule has 0 spiro atoms. The van der Waals surface area contributed by atoms with Crippen molar-refractivity contribution in [3.63, 3.8) is 0 Å². The third-order valence-corrected chi connectivity index (χ3v) is 2.75. The molecule has 0 bridgehead atoms. The fourth-order valence-electron chi connectivity index (χ4n) is 1.86. The van der Waals surface area contributed by atoms with Crippen LogP contribution in [0.3, 0.4) is 0 Å². The van der Waals surface area contributed by atoms with E-state index in [2.05, 4.69) is 11.2 Å². The molecule has 5 heteroatoms. The Balaban J connectivity index is 2.18. The predicted molar refractivity (Wildman–Crippen MR) is 83.5 cm³/mol. The van der Waals surface area contributed by atoms with Gasteiger partial charge in [-0.2, -0.15) is 0 Å². The van der Waals surface area contributed by atoms with Crippen LogP contribution in [0.2, 0.25) is 0 Å². The Labute approximate surface area is 128 Å². The Morgan fingerprint density at radius 3 is 2.73 bits per heavy atom. The summed E-state index contributed by atoms with van der Waals surface area (Å²) in [4.78, 5) is 23.7. The van der Waals surface area contributed by atoms with E-state index in [0.29, 0.717) is 22.3 Å². The summed E-state index contributed by atoms with van der Waals surface area (Å²) in [6.45, 7) is 5.38. The molecule has 1 aromatic carbocycles. The lowest BCUT2D eigenvalue weighted by molar-refractivity contribution is 0.0520. The summed E-state index contributed by atoms with van der Waals surface area (Å²) >= 11 is 0. The number of alkyl carbamates (subject to hydrolysis) is 1. The minimum atomic E-state index is -0.583. The van der Waals surface area contributed by atoms with Gasteiger partial charge in [0.1, 0.15) is 16.9 Å². The first-order valence-corrected chi connectivity index (χ1v) is 6.79. The van der Waals surface area contributed by atoms with E-state index in [1.807, 2.05) is 0 Å². The van der Waals surface area contributed by atoms with E-state index in [4.69, 9.17) is 15.6 Å². The van der Waals surface area contributed by atoms with E-state index in [1.54, 1.807) is 39.0 Å². The zero-order valence-corrected chi connectivity index (χ0v) is 12.7.